The van der Waals surface area contributed by atoms with Crippen molar-refractivity contribution in [3.05, 3.63) is 23.8 Å². The summed E-state index contributed by atoms with van der Waals surface area (Å²) >= 11 is 0. The summed E-state index contributed by atoms with van der Waals surface area (Å²) in [6.45, 7) is 3.43. The fraction of sp³-hybridized carbons (Fsp3) is 0.500. The molecule has 3 aliphatic heterocycles. The number of carbonyl (C=O) groups is 3. The van der Waals surface area contributed by atoms with Crippen LogP contribution in [0.4, 0.5) is 9.59 Å². The van der Waals surface area contributed by atoms with Gasteiger partial charge in [-0.2, -0.15) is 0 Å². The number of rotatable bonds is 3. The van der Waals surface area contributed by atoms with Gasteiger partial charge in [0.1, 0.15) is 5.54 Å². The number of benzene rings is 1. The number of carbonyl (C=O) groups excluding carboxylic acids is 3. The predicted octanol–water partition coefficient (Wildman–Crippen LogP) is 0.935. The number of fused-ring (bicyclic) bond motifs is 1. The second-order valence-corrected chi connectivity index (χ2v) is 7.22. The smallest absolute Gasteiger partial charge is 0.322 e. The molecule has 2 saturated heterocycles. The monoisotopic (exact) mass is 374 g/mol. The average molecular weight is 374 g/mol. The lowest BCUT2D eigenvalue weighted by Crippen LogP contribution is -2.55. The number of hydrogen-bond acceptors (Lipinski definition) is 5. The minimum Gasteiger partial charge on any atom is -0.454 e. The molecular formula is C18H22N4O5. The van der Waals surface area contributed by atoms with Gasteiger partial charge in [-0.25, -0.2) is 9.59 Å². The molecule has 0 aliphatic carbocycles. The van der Waals surface area contributed by atoms with Crippen LogP contribution in [0.5, 0.6) is 11.5 Å². The lowest BCUT2D eigenvalue weighted by molar-refractivity contribution is -0.125. The molecule has 3 N–H and O–H groups in total. The van der Waals surface area contributed by atoms with Gasteiger partial charge in [0, 0.05) is 19.6 Å². The molecule has 1 atom stereocenters. The molecule has 5 amide bonds. The molecule has 0 bridgehead atoms. The zero-order valence-corrected chi connectivity index (χ0v) is 15.0. The fourth-order valence-electron chi connectivity index (χ4n) is 3.84. The van der Waals surface area contributed by atoms with Gasteiger partial charge >= 0.3 is 12.1 Å². The minimum absolute atomic E-state index is 0.00172. The molecule has 144 valence electrons. The Balaban J connectivity index is 1.29. The Kier molecular flexibility index (Phi) is 4.29. The normalized spacial score (nSPS) is 24.6. The van der Waals surface area contributed by atoms with Crippen LogP contribution in [-0.4, -0.2) is 48.3 Å². The number of urea groups is 2. The van der Waals surface area contributed by atoms with Gasteiger partial charge < -0.3 is 25.0 Å². The van der Waals surface area contributed by atoms with Crippen LogP contribution in [0.15, 0.2) is 18.2 Å². The van der Waals surface area contributed by atoms with E-state index in [0.29, 0.717) is 44.0 Å². The van der Waals surface area contributed by atoms with Crippen LogP contribution in [0.3, 0.4) is 0 Å². The van der Waals surface area contributed by atoms with E-state index in [0.717, 1.165) is 5.56 Å². The highest BCUT2D eigenvalue weighted by molar-refractivity contribution is 6.07. The van der Waals surface area contributed by atoms with E-state index in [1.165, 1.54) is 0 Å². The van der Waals surface area contributed by atoms with Crippen LogP contribution in [0.25, 0.3) is 0 Å². The molecular weight excluding hydrogens is 352 g/mol. The maximum Gasteiger partial charge on any atom is 0.322 e. The maximum atomic E-state index is 12.4. The third kappa shape index (κ3) is 3.24. The summed E-state index contributed by atoms with van der Waals surface area (Å²) in [6.07, 6.45) is 1.31. The second-order valence-electron chi connectivity index (χ2n) is 7.22. The number of hydrogen-bond donors (Lipinski definition) is 3. The number of nitrogens with zero attached hydrogens (tertiary/aromatic N) is 1. The number of nitrogens with one attached hydrogen (secondary N) is 3. The molecule has 1 aromatic carbocycles. The van der Waals surface area contributed by atoms with Gasteiger partial charge in [0.25, 0.3) is 5.91 Å². The number of ether oxygens (including phenoxy) is 2. The molecule has 27 heavy (non-hydrogen) atoms. The molecule has 0 spiro atoms. The first-order chi connectivity index (χ1) is 13.0. The molecule has 9 nitrogen and oxygen atoms in total. The molecule has 2 fully saturated rings. The van der Waals surface area contributed by atoms with E-state index in [1.807, 2.05) is 18.2 Å². The predicted molar refractivity (Wildman–Crippen MR) is 94.2 cm³/mol. The highest BCUT2D eigenvalue weighted by Gasteiger charge is 2.48. The Bertz CT molecular complexity index is 790. The molecule has 3 aliphatic rings. The molecule has 1 unspecified atom stereocenters. The van der Waals surface area contributed by atoms with Crippen LogP contribution >= 0.6 is 0 Å². The van der Waals surface area contributed by atoms with E-state index in [1.54, 1.807) is 11.8 Å². The Morgan fingerprint density at radius 3 is 2.70 bits per heavy atom. The summed E-state index contributed by atoms with van der Waals surface area (Å²) in [5.74, 6) is 1.11. The van der Waals surface area contributed by atoms with E-state index in [9.17, 15) is 14.4 Å². The largest absolute Gasteiger partial charge is 0.454 e. The molecule has 3 heterocycles. The van der Waals surface area contributed by atoms with E-state index in [4.69, 9.17) is 9.47 Å². The van der Waals surface area contributed by atoms with Crippen molar-refractivity contribution in [1.29, 1.82) is 0 Å². The Morgan fingerprint density at radius 1 is 1.26 bits per heavy atom. The van der Waals surface area contributed by atoms with E-state index < -0.39 is 11.6 Å². The zero-order chi connectivity index (χ0) is 19.0. The third-order valence-electron chi connectivity index (χ3n) is 5.55. The quantitative estimate of drug-likeness (QED) is 0.682. The van der Waals surface area contributed by atoms with Gasteiger partial charge in [-0.05, 0) is 43.4 Å². The molecule has 0 radical (unpaired) electrons. The van der Waals surface area contributed by atoms with Crippen molar-refractivity contribution >= 4 is 18.0 Å². The molecule has 4 rings (SSSR count). The van der Waals surface area contributed by atoms with Gasteiger partial charge in [-0.3, -0.25) is 10.1 Å². The van der Waals surface area contributed by atoms with E-state index >= 15 is 0 Å². The summed E-state index contributed by atoms with van der Waals surface area (Å²) < 4.78 is 10.6. The van der Waals surface area contributed by atoms with Gasteiger partial charge in [-0.15, -0.1) is 0 Å². The SMILES string of the molecule is CC1(C2CCN(C(=O)NCc3ccc4c(c3)OCO4)CC2)NC(=O)NC1=O. The topological polar surface area (TPSA) is 109 Å². The highest BCUT2D eigenvalue weighted by atomic mass is 16.7. The summed E-state index contributed by atoms with van der Waals surface area (Å²) in [4.78, 5) is 37.7. The van der Waals surface area contributed by atoms with Crippen molar-refractivity contribution < 1.29 is 23.9 Å². The van der Waals surface area contributed by atoms with Crippen molar-refractivity contribution in [3.63, 3.8) is 0 Å². The van der Waals surface area contributed by atoms with E-state index in [-0.39, 0.29) is 24.6 Å². The first-order valence-electron chi connectivity index (χ1n) is 9.00. The third-order valence-corrected chi connectivity index (χ3v) is 5.55. The number of piperidine rings is 1. The standard InChI is InChI=1S/C18H22N4O5/c1-18(15(23)20-16(24)21-18)12-4-6-22(7-5-12)17(25)19-9-11-2-3-13-14(8-11)27-10-26-13/h2-3,8,12H,4-7,9-10H2,1H3,(H,19,25)(H2,20,21,23,24). The number of amides is 5. The molecule has 0 saturated carbocycles. The first kappa shape index (κ1) is 17.4. The lowest BCUT2D eigenvalue weighted by Gasteiger charge is -2.38. The summed E-state index contributed by atoms with van der Waals surface area (Å²) in [5.41, 5.74) is 0.0342. The molecule has 9 heteroatoms. The number of likely N-dealkylation sites (tertiary alicyclic amines) is 1. The highest BCUT2D eigenvalue weighted by Crippen LogP contribution is 2.33. The summed E-state index contributed by atoms with van der Waals surface area (Å²) in [7, 11) is 0. The van der Waals surface area contributed by atoms with Gasteiger partial charge in [0.2, 0.25) is 6.79 Å². The minimum atomic E-state index is -0.897. The Hall–Kier alpha value is -2.97. The average Bonchev–Trinajstić information content (AvgIpc) is 3.23. The summed E-state index contributed by atoms with van der Waals surface area (Å²) in [5, 5.41) is 7.93. The lowest BCUT2D eigenvalue weighted by atomic mass is 9.79. The van der Waals surface area contributed by atoms with Crippen molar-refractivity contribution in [3.8, 4) is 11.5 Å². The first-order valence-corrected chi connectivity index (χ1v) is 9.00. The fourth-order valence-corrected chi connectivity index (χ4v) is 3.84. The van der Waals surface area contributed by atoms with Crippen LogP contribution in [0.2, 0.25) is 0 Å². The van der Waals surface area contributed by atoms with Gasteiger partial charge in [0.05, 0.1) is 0 Å². The van der Waals surface area contributed by atoms with Crippen molar-refractivity contribution in [1.82, 2.24) is 20.9 Å². The van der Waals surface area contributed by atoms with Gasteiger partial charge in [0.15, 0.2) is 11.5 Å². The summed E-state index contributed by atoms with van der Waals surface area (Å²) in [6, 6.07) is 4.98. The Labute approximate surface area is 156 Å². The van der Waals surface area contributed by atoms with Gasteiger partial charge in [-0.1, -0.05) is 6.07 Å². The number of imide groups is 1. The maximum absolute atomic E-state index is 12.4. The second kappa shape index (κ2) is 6.64. The Morgan fingerprint density at radius 2 is 2.00 bits per heavy atom. The van der Waals surface area contributed by atoms with Crippen molar-refractivity contribution in [2.45, 2.75) is 31.8 Å². The molecule has 1 aromatic rings. The van der Waals surface area contributed by atoms with Crippen LogP contribution < -0.4 is 25.4 Å². The van der Waals surface area contributed by atoms with Crippen LogP contribution in [0, 0.1) is 5.92 Å². The van der Waals surface area contributed by atoms with Crippen LogP contribution in [0.1, 0.15) is 25.3 Å². The van der Waals surface area contributed by atoms with Crippen molar-refractivity contribution in [2.24, 2.45) is 5.92 Å². The van der Waals surface area contributed by atoms with E-state index in [2.05, 4.69) is 16.0 Å². The van der Waals surface area contributed by atoms with Crippen LogP contribution in [-0.2, 0) is 11.3 Å². The molecule has 0 aromatic heterocycles. The van der Waals surface area contributed by atoms with Crippen molar-refractivity contribution in [2.75, 3.05) is 19.9 Å². The zero-order valence-electron chi connectivity index (χ0n) is 15.0.